The van der Waals surface area contributed by atoms with E-state index in [9.17, 15) is 5.26 Å². The highest BCUT2D eigenvalue weighted by molar-refractivity contribution is 5.77. The van der Waals surface area contributed by atoms with Crippen LogP contribution in [0.25, 0.3) is 22.6 Å². The SMILES string of the molecule is N#Cc1c(N)cc(Nc2ccc(-c3cnco3)cc2)nc1-c1cccnc1. The number of rotatable bonds is 4. The minimum absolute atomic E-state index is 0.328. The lowest BCUT2D eigenvalue weighted by Gasteiger charge is -2.11. The summed E-state index contributed by atoms with van der Waals surface area (Å²) in [6, 6.07) is 15.0. The van der Waals surface area contributed by atoms with Crippen molar-refractivity contribution in [3.8, 4) is 28.7 Å². The van der Waals surface area contributed by atoms with Gasteiger partial charge in [-0.15, -0.1) is 0 Å². The number of nitrogens with one attached hydrogen (secondary N) is 1. The van der Waals surface area contributed by atoms with Gasteiger partial charge >= 0.3 is 0 Å². The molecule has 0 saturated carbocycles. The number of anilines is 3. The highest BCUT2D eigenvalue weighted by Crippen LogP contribution is 2.29. The molecule has 0 aliphatic heterocycles. The molecular weight excluding hydrogens is 340 g/mol. The fourth-order valence-corrected chi connectivity index (χ4v) is 2.68. The van der Waals surface area contributed by atoms with E-state index in [1.807, 2.05) is 30.3 Å². The summed E-state index contributed by atoms with van der Waals surface area (Å²) >= 11 is 0. The van der Waals surface area contributed by atoms with Gasteiger partial charge in [0.05, 0.1) is 17.6 Å². The molecule has 3 N–H and O–H groups in total. The van der Waals surface area contributed by atoms with Gasteiger partial charge in [-0.25, -0.2) is 9.97 Å². The van der Waals surface area contributed by atoms with E-state index in [1.54, 1.807) is 30.7 Å². The summed E-state index contributed by atoms with van der Waals surface area (Å²) in [7, 11) is 0. The predicted molar refractivity (Wildman–Crippen MR) is 102 cm³/mol. The number of hydrogen-bond donors (Lipinski definition) is 2. The number of aromatic nitrogens is 3. The van der Waals surface area contributed by atoms with Crippen LogP contribution in [0, 0.1) is 11.3 Å². The minimum atomic E-state index is 0.328. The van der Waals surface area contributed by atoms with Crippen molar-refractivity contribution in [3.63, 3.8) is 0 Å². The Morgan fingerprint density at radius 3 is 2.56 bits per heavy atom. The Balaban J connectivity index is 1.66. The van der Waals surface area contributed by atoms with Crippen molar-refractivity contribution in [2.75, 3.05) is 11.1 Å². The van der Waals surface area contributed by atoms with E-state index in [-0.39, 0.29) is 0 Å². The van der Waals surface area contributed by atoms with E-state index >= 15 is 0 Å². The number of nitriles is 1. The van der Waals surface area contributed by atoms with Crippen LogP contribution in [0.5, 0.6) is 0 Å². The van der Waals surface area contributed by atoms with Gasteiger partial charge in [-0.3, -0.25) is 4.98 Å². The summed E-state index contributed by atoms with van der Waals surface area (Å²) in [5.41, 5.74) is 9.71. The van der Waals surface area contributed by atoms with Gasteiger partial charge in [0.1, 0.15) is 17.5 Å². The van der Waals surface area contributed by atoms with E-state index in [1.165, 1.54) is 6.39 Å². The Morgan fingerprint density at radius 2 is 1.89 bits per heavy atom. The standard InChI is InChI=1S/C20H14N6O/c21-9-16-17(22)8-19(26-20(16)14-2-1-7-23-10-14)25-15-5-3-13(4-6-15)18-11-24-12-27-18/h1-8,10-12H,(H3,22,25,26). The Labute approximate surface area is 155 Å². The zero-order valence-electron chi connectivity index (χ0n) is 14.1. The molecule has 1 aromatic carbocycles. The quantitative estimate of drug-likeness (QED) is 0.569. The first kappa shape index (κ1) is 16.3. The number of hydrogen-bond acceptors (Lipinski definition) is 7. The molecule has 3 aromatic heterocycles. The molecule has 0 atom stereocenters. The van der Waals surface area contributed by atoms with Gasteiger partial charge in [0.2, 0.25) is 0 Å². The Kier molecular flexibility index (Phi) is 4.21. The van der Waals surface area contributed by atoms with Crippen molar-refractivity contribution in [2.24, 2.45) is 0 Å². The number of nitrogens with zero attached hydrogens (tertiary/aromatic N) is 4. The molecule has 4 aromatic rings. The van der Waals surface area contributed by atoms with Gasteiger partial charge in [-0.1, -0.05) is 0 Å². The number of benzene rings is 1. The third-order valence-electron chi connectivity index (χ3n) is 3.97. The fraction of sp³-hybridized carbons (Fsp3) is 0. The van der Waals surface area contributed by atoms with Crippen LogP contribution < -0.4 is 11.1 Å². The smallest absolute Gasteiger partial charge is 0.181 e. The second-order valence-electron chi connectivity index (χ2n) is 5.74. The maximum Gasteiger partial charge on any atom is 0.181 e. The first-order chi connectivity index (χ1) is 13.2. The largest absolute Gasteiger partial charge is 0.444 e. The molecular formula is C20H14N6O. The zero-order valence-corrected chi connectivity index (χ0v) is 14.1. The molecule has 0 spiro atoms. The maximum atomic E-state index is 9.44. The van der Waals surface area contributed by atoms with Crippen LogP contribution >= 0.6 is 0 Å². The number of nitrogen functional groups attached to an aromatic ring is 1. The van der Waals surface area contributed by atoms with Crippen molar-refractivity contribution >= 4 is 17.2 Å². The lowest BCUT2D eigenvalue weighted by molar-refractivity contribution is 0.572. The molecule has 0 saturated heterocycles. The highest BCUT2D eigenvalue weighted by Gasteiger charge is 2.13. The van der Waals surface area contributed by atoms with Crippen LogP contribution in [-0.4, -0.2) is 15.0 Å². The normalized spacial score (nSPS) is 10.3. The molecule has 130 valence electrons. The number of oxazole rings is 1. The Morgan fingerprint density at radius 1 is 1.04 bits per heavy atom. The van der Waals surface area contributed by atoms with Crippen molar-refractivity contribution in [1.82, 2.24) is 15.0 Å². The maximum absolute atomic E-state index is 9.44. The molecule has 0 unspecified atom stereocenters. The predicted octanol–water partition coefficient (Wildman–Crippen LogP) is 4.00. The van der Waals surface area contributed by atoms with Crippen LogP contribution in [0.3, 0.4) is 0 Å². The summed E-state index contributed by atoms with van der Waals surface area (Å²) in [6.07, 6.45) is 6.37. The van der Waals surface area contributed by atoms with Crippen LogP contribution in [-0.2, 0) is 0 Å². The molecule has 0 bridgehead atoms. The molecule has 0 amide bonds. The van der Waals surface area contributed by atoms with E-state index in [4.69, 9.17) is 10.2 Å². The lowest BCUT2D eigenvalue weighted by Crippen LogP contribution is -2.02. The fourth-order valence-electron chi connectivity index (χ4n) is 2.68. The molecule has 27 heavy (non-hydrogen) atoms. The minimum Gasteiger partial charge on any atom is -0.444 e. The van der Waals surface area contributed by atoms with Crippen molar-refractivity contribution < 1.29 is 4.42 Å². The summed E-state index contributed by atoms with van der Waals surface area (Å²) in [4.78, 5) is 12.6. The summed E-state index contributed by atoms with van der Waals surface area (Å²) < 4.78 is 5.29. The third-order valence-corrected chi connectivity index (χ3v) is 3.97. The van der Waals surface area contributed by atoms with Gasteiger partial charge in [-0.05, 0) is 36.4 Å². The Hall–Kier alpha value is -4.18. The van der Waals surface area contributed by atoms with Crippen LogP contribution in [0.4, 0.5) is 17.2 Å². The van der Waals surface area contributed by atoms with E-state index in [2.05, 4.69) is 26.3 Å². The van der Waals surface area contributed by atoms with Gasteiger partial charge in [0.25, 0.3) is 0 Å². The molecule has 7 heteroatoms. The van der Waals surface area contributed by atoms with Gasteiger partial charge in [0, 0.05) is 35.3 Å². The van der Waals surface area contributed by atoms with Crippen LogP contribution in [0.2, 0.25) is 0 Å². The van der Waals surface area contributed by atoms with Crippen molar-refractivity contribution in [2.45, 2.75) is 0 Å². The first-order valence-electron chi connectivity index (χ1n) is 8.11. The summed E-state index contributed by atoms with van der Waals surface area (Å²) in [5.74, 6) is 1.24. The first-order valence-corrected chi connectivity index (χ1v) is 8.11. The third kappa shape index (κ3) is 3.32. The Bertz CT molecular complexity index is 1100. The highest BCUT2D eigenvalue weighted by atomic mass is 16.3. The molecule has 4 rings (SSSR count). The average Bonchev–Trinajstić information content (AvgIpc) is 3.24. The summed E-state index contributed by atoms with van der Waals surface area (Å²) in [6.45, 7) is 0. The molecule has 3 heterocycles. The molecule has 0 fully saturated rings. The number of pyridine rings is 2. The number of nitrogens with two attached hydrogens (primary N) is 1. The van der Waals surface area contributed by atoms with Crippen molar-refractivity contribution in [3.05, 3.63) is 73.0 Å². The second-order valence-corrected chi connectivity index (χ2v) is 5.74. The van der Waals surface area contributed by atoms with Gasteiger partial charge in [-0.2, -0.15) is 5.26 Å². The second kappa shape index (κ2) is 6.98. The van der Waals surface area contributed by atoms with Crippen molar-refractivity contribution in [1.29, 1.82) is 5.26 Å². The topological polar surface area (TPSA) is 114 Å². The van der Waals surface area contributed by atoms with Crippen LogP contribution in [0.1, 0.15) is 5.56 Å². The molecule has 0 aliphatic rings. The van der Waals surface area contributed by atoms with E-state index < -0.39 is 0 Å². The molecule has 0 aliphatic carbocycles. The van der Waals surface area contributed by atoms with Crippen LogP contribution in [0.15, 0.2) is 71.9 Å². The lowest BCUT2D eigenvalue weighted by atomic mass is 10.1. The molecule has 0 radical (unpaired) electrons. The zero-order chi connectivity index (χ0) is 18.6. The monoisotopic (exact) mass is 354 g/mol. The van der Waals surface area contributed by atoms with E-state index in [0.29, 0.717) is 28.5 Å². The summed E-state index contributed by atoms with van der Waals surface area (Å²) in [5, 5.41) is 12.6. The van der Waals surface area contributed by atoms with Gasteiger partial charge < -0.3 is 15.5 Å². The average molecular weight is 354 g/mol. The van der Waals surface area contributed by atoms with Gasteiger partial charge in [0.15, 0.2) is 12.2 Å². The molecule has 7 nitrogen and oxygen atoms in total. The van der Waals surface area contributed by atoms with E-state index in [0.717, 1.165) is 16.8 Å².